The van der Waals surface area contributed by atoms with Crippen molar-refractivity contribution in [2.75, 3.05) is 12.8 Å². The number of nitrogens with zero attached hydrogens (tertiary/aromatic N) is 3. The van der Waals surface area contributed by atoms with Crippen LogP contribution in [0.3, 0.4) is 0 Å². The van der Waals surface area contributed by atoms with Gasteiger partial charge in [-0.25, -0.2) is 4.68 Å². The number of carbonyl (C=O) groups excluding carboxylic acids is 1. The Kier molecular flexibility index (Phi) is 3.33. The molecule has 6 nitrogen and oxygen atoms in total. The van der Waals surface area contributed by atoms with Gasteiger partial charge in [0.25, 0.3) is 0 Å². The van der Waals surface area contributed by atoms with Gasteiger partial charge in [-0.05, 0) is 28.1 Å². The molecule has 0 saturated heterocycles. The molecule has 0 fully saturated rings. The van der Waals surface area contributed by atoms with Crippen LogP contribution in [0.1, 0.15) is 16.1 Å². The van der Waals surface area contributed by atoms with Gasteiger partial charge in [0.1, 0.15) is 11.4 Å². The lowest BCUT2D eigenvalue weighted by Gasteiger charge is -2.07. The van der Waals surface area contributed by atoms with E-state index in [-0.39, 0.29) is 5.78 Å². The van der Waals surface area contributed by atoms with Crippen LogP contribution in [-0.2, 0) is 7.05 Å². The third kappa shape index (κ3) is 2.08. The second kappa shape index (κ2) is 4.77. The molecule has 1 heterocycles. The van der Waals surface area contributed by atoms with Crippen LogP contribution in [0.5, 0.6) is 5.75 Å². The second-order valence-electron chi connectivity index (χ2n) is 3.63. The van der Waals surface area contributed by atoms with Crippen molar-refractivity contribution >= 4 is 27.4 Å². The molecule has 0 unspecified atom stereocenters. The van der Waals surface area contributed by atoms with Gasteiger partial charge in [-0.15, -0.1) is 5.10 Å². The normalized spacial score (nSPS) is 10.4. The quantitative estimate of drug-likeness (QED) is 0.684. The van der Waals surface area contributed by atoms with Gasteiger partial charge in [-0.3, -0.25) is 4.79 Å². The molecule has 2 aromatic rings. The number of aryl methyl sites for hydroxylation is 1. The zero-order valence-corrected chi connectivity index (χ0v) is 11.4. The maximum absolute atomic E-state index is 12.3. The lowest BCUT2D eigenvalue weighted by molar-refractivity contribution is 0.103. The molecule has 0 aliphatic carbocycles. The first kappa shape index (κ1) is 12.6. The fraction of sp³-hybridized carbons (Fsp3) is 0.182. The van der Waals surface area contributed by atoms with E-state index in [1.54, 1.807) is 25.2 Å². The molecule has 7 heteroatoms. The van der Waals surface area contributed by atoms with E-state index < -0.39 is 0 Å². The molecule has 1 aromatic heterocycles. The minimum absolute atomic E-state index is 0.241. The van der Waals surface area contributed by atoms with Crippen molar-refractivity contribution in [3.63, 3.8) is 0 Å². The Morgan fingerprint density at radius 3 is 2.72 bits per heavy atom. The van der Waals surface area contributed by atoms with Gasteiger partial charge in [-0.1, -0.05) is 5.21 Å². The first-order valence-corrected chi connectivity index (χ1v) is 5.87. The summed E-state index contributed by atoms with van der Waals surface area (Å²) in [5, 5.41) is 7.53. The zero-order valence-electron chi connectivity index (χ0n) is 9.85. The van der Waals surface area contributed by atoms with Crippen molar-refractivity contribution in [2.45, 2.75) is 0 Å². The smallest absolute Gasteiger partial charge is 0.215 e. The summed E-state index contributed by atoms with van der Waals surface area (Å²) in [6.45, 7) is 0. The SMILES string of the molecule is COc1ccc(C(=O)c2c(Br)nnn2C)c(N)c1. The summed E-state index contributed by atoms with van der Waals surface area (Å²) >= 11 is 3.19. The summed E-state index contributed by atoms with van der Waals surface area (Å²) in [6.07, 6.45) is 0. The van der Waals surface area contributed by atoms with Crippen LogP contribution in [-0.4, -0.2) is 27.9 Å². The third-order valence-corrected chi connectivity index (χ3v) is 3.04. The molecule has 0 aliphatic heterocycles. The number of ketones is 1. The van der Waals surface area contributed by atoms with Gasteiger partial charge in [0.05, 0.1) is 7.11 Å². The number of nitrogen functional groups attached to an aromatic ring is 1. The highest BCUT2D eigenvalue weighted by molar-refractivity contribution is 9.10. The van der Waals surface area contributed by atoms with E-state index >= 15 is 0 Å². The van der Waals surface area contributed by atoms with Gasteiger partial charge in [0.2, 0.25) is 5.78 Å². The molecule has 94 valence electrons. The summed E-state index contributed by atoms with van der Waals surface area (Å²) in [7, 11) is 3.18. The Balaban J connectivity index is 2.47. The molecule has 1 aromatic carbocycles. The highest BCUT2D eigenvalue weighted by Crippen LogP contribution is 2.24. The lowest BCUT2D eigenvalue weighted by atomic mass is 10.1. The van der Waals surface area contributed by atoms with E-state index in [0.29, 0.717) is 27.3 Å². The minimum Gasteiger partial charge on any atom is -0.497 e. The highest BCUT2D eigenvalue weighted by atomic mass is 79.9. The molecule has 0 aliphatic rings. The summed E-state index contributed by atoms with van der Waals surface area (Å²) in [4.78, 5) is 12.3. The average Bonchev–Trinajstić information content (AvgIpc) is 2.68. The maximum Gasteiger partial charge on any atom is 0.215 e. The predicted octanol–water partition coefficient (Wildman–Crippen LogP) is 1.40. The number of rotatable bonds is 3. The van der Waals surface area contributed by atoms with Crippen LogP contribution in [0.25, 0.3) is 0 Å². The maximum atomic E-state index is 12.3. The molecule has 0 saturated carbocycles. The molecule has 2 rings (SSSR count). The van der Waals surface area contributed by atoms with Crippen molar-refractivity contribution < 1.29 is 9.53 Å². The Bertz CT molecular complexity index is 590. The monoisotopic (exact) mass is 310 g/mol. The van der Waals surface area contributed by atoms with Gasteiger partial charge in [0.15, 0.2) is 4.60 Å². The minimum atomic E-state index is -0.241. The van der Waals surface area contributed by atoms with Crippen molar-refractivity contribution in [3.05, 3.63) is 34.1 Å². The predicted molar refractivity (Wildman–Crippen MR) is 69.5 cm³/mol. The second-order valence-corrected chi connectivity index (χ2v) is 4.39. The number of hydrogen-bond acceptors (Lipinski definition) is 5. The van der Waals surface area contributed by atoms with Gasteiger partial charge in [-0.2, -0.15) is 0 Å². The zero-order chi connectivity index (χ0) is 13.3. The summed E-state index contributed by atoms with van der Waals surface area (Å²) in [5.41, 5.74) is 6.94. The number of aromatic nitrogens is 3. The number of halogens is 1. The van der Waals surface area contributed by atoms with Crippen LogP contribution in [0.2, 0.25) is 0 Å². The van der Waals surface area contributed by atoms with Crippen molar-refractivity contribution in [1.29, 1.82) is 0 Å². The average molecular weight is 311 g/mol. The van der Waals surface area contributed by atoms with E-state index in [2.05, 4.69) is 26.2 Å². The summed E-state index contributed by atoms with van der Waals surface area (Å²) in [5.74, 6) is 0.362. The first-order chi connectivity index (χ1) is 8.54. The largest absolute Gasteiger partial charge is 0.497 e. The van der Waals surface area contributed by atoms with Crippen LogP contribution >= 0.6 is 15.9 Å². The highest BCUT2D eigenvalue weighted by Gasteiger charge is 2.20. The molecule has 0 amide bonds. The van der Waals surface area contributed by atoms with Crippen molar-refractivity contribution in [1.82, 2.24) is 15.0 Å². The number of nitrogens with two attached hydrogens (primary N) is 1. The van der Waals surface area contributed by atoms with Gasteiger partial charge in [0, 0.05) is 24.4 Å². The summed E-state index contributed by atoms with van der Waals surface area (Å²) in [6, 6.07) is 4.90. The molecule has 0 spiro atoms. The number of anilines is 1. The number of methoxy groups -OCH3 is 1. The fourth-order valence-corrected chi connectivity index (χ4v) is 2.08. The van der Waals surface area contributed by atoms with Crippen LogP contribution < -0.4 is 10.5 Å². The Morgan fingerprint density at radius 1 is 1.50 bits per heavy atom. The number of hydrogen-bond donors (Lipinski definition) is 1. The van der Waals surface area contributed by atoms with Crippen LogP contribution in [0.15, 0.2) is 22.8 Å². The van der Waals surface area contributed by atoms with Crippen LogP contribution in [0.4, 0.5) is 5.69 Å². The lowest BCUT2D eigenvalue weighted by Crippen LogP contribution is -2.11. The van der Waals surface area contributed by atoms with E-state index in [0.717, 1.165) is 0 Å². The molecule has 0 atom stereocenters. The number of ether oxygens (including phenoxy) is 1. The van der Waals surface area contributed by atoms with E-state index in [1.807, 2.05) is 0 Å². The molecule has 2 N–H and O–H groups in total. The third-order valence-electron chi connectivity index (χ3n) is 2.50. The van der Waals surface area contributed by atoms with E-state index in [9.17, 15) is 4.79 Å². The fourth-order valence-electron chi connectivity index (χ4n) is 1.57. The van der Waals surface area contributed by atoms with E-state index in [1.165, 1.54) is 11.8 Å². The molecule has 0 radical (unpaired) electrons. The van der Waals surface area contributed by atoms with E-state index in [4.69, 9.17) is 10.5 Å². The number of carbonyl (C=O) groups is 1. The standard InChI is InChI=1S/C11H11BrN4O2/c1-16-9(11(12)14-15-16)10(17)7-4-3-6(18-2)5-8(7)13/h3-5H,13H2,1-2H3. The van der Waals surface area contributed by atoms with Crippen LogP contribution in [0, 0.1) is 0 Å². The Labute approximate surface area is 112 Å². The molecule has 0 bridgehead atoms. The molecular weight excluding hydrogens is 300 g/mol. The summed E-state index contributed by atoms with van der Waals surface area (Å²) < 4.78 is 6.83. The van der Waals surface area contributed by atoms with Gasteiger partial charge >= 0.3 is 0 Å². The van der Waals surface area contributed by atoms with Crippen molar-refractivity contribution in [2.24, 2.45) is 7.05 Å². The molecular formula is C11H11BrN4O2. The van der Waals surface area contributed by atoms with Crippen molar-refractivity contribution in [3.8, 4) is 5.75 Å². The molecule has 18 heavy (non-hydrogen) atoms. The Hall–Kier alpha value is -1.89. The number of benzene rings is 1. The Morgan fingerprint density at radius 2 is 2.22 bits per heavy atom. The first-order valence-electron chi connectivity index (χ1n) is 5.08. The van der Waals surface area contributed by atoms with Gasteiger partial charge < -0.3 is 10.5 Å². The topological polar surface area (TPSA) is 83.0 Å².